The molecular formula is C8H7ClINO. The van der Waals surface area contributed by atoms with Crippen LogP contribution in [0.15, 0.2) is 12.1 Å². The number of hydrogen-bond acceptors (Lipinski definition) is 2. The van der Waals surface area contributed by atoms with Crippen LogP contribution in [0.3, 0.4) is 0 Å². The maximum Gasteiger partial charge on any atom is 0.160 e. The van der Waals surface area contributed by atoms with E-state index in [-0.39, 0.29) is 5.78 Å². The molecule has 0 fully saturated rings. The third-order valence-corrected chi connectivity index (χ3v) is 3.00. The summed E-state index contributed by atoms with van der Waals surface area (Å²) >= 11 is 7.77. The first-order chi connectivity index (χ1) is 5.54. The van der Waals surface area contributed by atoms with Crippen LogP contribution in [0, 0.1) is 3.57 Å². The van der Waals surface area contributed by atoms with Crippen LogP contribution in [0.1, 0.15) is 17.3 Å². The molecule has 0 heterocycles. The number of hydrogen-bond donors (Lipinski definition) is 1. The molecule has 0 saturated heterocycles. The Kier molecular flexibility index (Phi) is 2.95. The molecule has 64 valence electrons. The van der Waals surface area contributed by atoms with Gasteiger partial charge in [-0.2, -0.15) is 0 Å². The predicted molar refractivity (Wildman–Crippen MR) is 58.6 cm³/mol. The summed E-state index contributed by atoms with van der Waals surface area (Å²) < 4.78 is 0.729. The average Bonchev–Trinajstić information content (AvgIpc) is 2.00. The van der Waals surface area contributed by atoms with Crippen molar-refractivity contribution in [3.8, 4) is 0 Å². The number of nitrogen functional groups attached to an aromatic ring is 1. The number of anilines is 1. The van der Waals surface area contributed by atoms with E-state index in [9.17, 15) is 4.79 Å². The van der Waals surface area contributed by atoms with E-state index in [0.717, 1.165) is 3.57 Å². The highest BCUT2D eigenvalue weighted by molar-refractivity contribution is 14.1. The molecule has 0 atom stereocenters. The van der Waals surface area contributed by atoms with E-state index in [1.165, 1.54) is 6.92 Å². The fraction of sp³-hybridized carbons (Fsp3) is 0.125. The van der Waals surface area contributed by atoms with E-state index in [1.807, 2.05) is 22.6 Å². The van der Waals surface area contributed by atoms with Gasteiger partial charge in [-0.05, 0) is 41.6 Å². The predicted octanol–water partition coefficient (Wildman–Crippen LogP) is 2.73. The SMILES string of the molecule is CC(=O)c1ccc(Cl)c(N)c1I. The second-order valence-electron chi connectivity index (χ2n) is 2.38. The lowest BCUT2D eigenvalue weighted by atomic mass is 10.1. The summed E-state index contributed by atoms with van der Waals surface area (Å²) in [6.45, 7) is 1.50. The Hall–Kier alpha value is -0.290. The van der Waals surface area contributed by atoms with Crippen LogP contribution in [0.2, 0.25) is 5.02 Å². The van der Waals surface area contributed by atoms with Crippen LogP contribution < -0.4 is 5.73 Å². The Morgan fingerprint density at radius 2 is 2.17 bits per heavy atom. The Morgan fingerprint density at radius 1 is 1.58 bits per heavy atom. The third-order valence-electron chi connectivity index (χ3n) is 1.51. The quantitative estimate of drug-likeness (QED) is 0.492. The molecule has 0 amide bonds. The molecule has 0 radical (unpaired) electrons. The van der Waals surface area contributed by atoms with Crippen LogP contribution in [0.4, 0.5) is 5.69 Å². The lowest BCUT2D eigenvalue weighted by Crippen LogP contribution is -2.00. The van der Waals surface area contributed by atoms with Crippen LogP contribution in [-0.4, -0.2) is 5.78 Å². The van der Waals surface area contributed by atoms with Gasteiger partial charge >= 0.3 is 0 Å². The largest absolute Gasteiger partial charge is 0.397 e. The molecule has 0 aliphatic carbocycles. The molecule has 0 unspecified atom stereocenters. The van der Waals surface area contributed by atoms with Crippen molar-refractivity contribution in [3.05, 3.63) is 26.3 Å². The molecule has 0 aliphatic rings. The zero-order chi connectivity index (χ0) is 9.30. The van der Waals surface area contributed by atoms with Gasteiger partial charge in [-0.1, -0.05) is 11.6 Å². The highest BCUT2D eigenvalue weighted by atomic mass is 127. The first-order valence-corrected chi connectivity index (χ1v) is 4.74. The molecule has 1 aromatic carbocycles. The van der Waals surface area contributed by atoms with Crippen molar-refractivity contribution in [3.63, 3.8) is 0 Å². The van der Waals surface area contributed by atoms with Crippen LogP contribution >= 0.6 is 34.2 Å². The van der Waals surface area contributed by atoms with Crippen molar-refractivity contribution in [2.45, 2.75) is 6.92 Å². The average molecular weight is 296 g/mol. The van der Waals surface area contributed by atoms with Gasteiger partial charge in [0.05, 0.1) is 10.7 Å². The van der Waals surface area contributed by atoms with E-state index in [1.54, 1.807) is 12.1 Å². The van der Waals surface area contributed by atoms with Gasteiger partial charge in [0.25, 0.3) is 0 Å². The first kappa shape index (κ1) is 9.80. The van der Waals surface area contributed by atoms with Crippen molar-refractivity contribution in [1.82, 2.24) is 0 Å². The molecular weight excluding hydrogens is 288 g/mol. The number of ketones is 1. The van der Waals surface area contributed by atoms with Gasteiger partial charge in [-0.3, -0.25) is 4.79 Å². The highest BCUT2D eigenvalue weighted by Crippen LogP contribution is 2.27. The molecule has 0 aliphatic heterocycles. The maximum absolute atomic E-state index is 11.0. The fourth-order valence-corrected chi connectivity index (χ4v) is 2.01. The number of nitrogens with two attached hydrogens (primary N) is 1. The zero-order valence-electron chi connectivity index (χ0n) is 6.40. The molecule has 0 aromatic heterocycles. The Morgan fingerprint density at radius 3 is 2.67 bits per heavy atom. The van der Waals surface area contributed by atoms with Gasteiger partial charge in [-0.25, -0.2) is 0 Å². The molecule has 0 bridgehead atoms. The molecule has 4 heteroatoms. The second-order valence-corrected chi connectivity index (χ2v) is 3.86. The molecule has 1 rings (SSSR count). The standard InChI is InChI=1S/C8H7ClINO/c1-4(12)5-2-3-6(9)8(11)7(5)10/h2-3H,11H2,1H3. The summed E-state index contributed by atoms with van der Waals surface area (Å²) in [4.78, 5) is 11.0. The Bertz CT molecular complexity index is 338. The third kappa shape index (κ3) is 1.72. The minimum absolute atomic E-state index is 0.00256. The second kappa shape index (κ2) is 3.62. The molecule has 12 heavy (non-hydrogen) atoms. The summed E-state index contributed by atoms with van der Waals surface area (Å²) in [6, 6.07) is 3.32. The van der Waals surface area contributed by atoms with Crippen molar-refractivity contribution in [2.75, 3.05) is 5.73 Å². The van der Waals surface area contributed by atoms with E-state index in [0.29, 0.717) is 16.3 Å². The molecule has 1 aromatic rings. The monoisotopic (exact) mass is 295 g/mol. The van der Waals surface area contributed by atoms with E-state index in [4.69, 9.17) is 17.3 Å². The van der Waals surface area contributed by atoms with Gasteiger partial charge in [0.2, 0.25) is 0 Å². The van der Waals surface area contributed by atoms with Gasteiger partial charge in [-0.15, -0.1) is 0 Å². The minimum atomic E-state index is 0.00256. The fourth-order valence-electron chi connectivity index (χ4n) is 0.841. The topological polar surface area (TPSA) is 43.1 Å². The summed E-state index contributed by atoms with van der Waals surface area (Å²) in [7, 11) is 0. The van der Waals surface area contributed by atoms with Gasteiger partial charge in [0, 0.05) is 9.13 Å². The highest BCUT2D eigenvalue weighted by Gasteiger charge is 2.09. The molecule has 0 spiro atoms. The summed E-state index contributed by atoms with van der Waals surface area (Å²) in [6.07, 6.45) is 0. The van der Waals surface area contributed by atoms with Crippen molar-refractivity contribution in [2.24, 2.45) is 0 Å². The Labute approximate surface area is 89.2 Å². The van der Waals surface area contributed by atoms with Gasteiger partial charge in [0.15, 0.2) is 5.78 Å². The summed E-state index contributed by atoms with van der Waals surface area (Å²) in [5.41, 5.74) is 6.73. The number of Topliss-reactive ketones (excluding diaryl/α,β-unsaturated/α-hetero) is 1. The van der Waals surface area contributed by atoms with Crippen LogP contribution in [-0.2, 0) is 0 Å². The van der Waals surface area contributed by atoms with E-state index < -0.39 is 0 Å². The molecule has 2 nitrogen and oxygen atoms in total. The van der Waals surface area contributed by atoms with E-state index in [2.05, 4.69) is 0 Å². The number of carbonyl (C=O) groups is 1. The Balaban J connectivity index is 3.36. The van der Waals surface area contributed by atoms with Crippen LogP contribution in [0.25, 0.3) is 0 Å². The molecule has 0 saturated carbocycles. The number of halogens is 2. The van der Waals surface area contributed by atoms with Gasteiger partial charge in [0.1, 0.15) is 0 Å². The normalized spacial score (nSPS) is 9.92. The number of carbonyl (C=O) groups excluding carboxylic acids is 1. The zero-order valence-corrected chi connectivity index (χ0v) is 9.31. The summed E-state index contributed by atoms with van der Waals surface area (Å²) in [5.74, 6) is 0.00256. The van der Waals surface area contributed by atoms with Crippen molar-refractivity contribution in [1.29, 1.82) is 0 Å². The lowest BCUT2D eigenvalue weighted by Gasteiger charge is -2.04. The van der Waals surface area contributed by atoms with Crippen molar-refractivity contribution >= 4 is 45.7 Å². The lowest BCUT2D eigenvalue weighted by molar-refractivity contribution is 0.101. The number of rotatable bonds is 1. The first-order valence-electron chi connectivity index (χ1n) is 3.28. The smallest absolute Gasteiger partial charge is 0.160 e. The maximum atomic E-state index is 11.0. The van der Waals surface area contributed by atoms with Crippen molar-refractivity contribution < 1.29 is 4.79 Å². The summed E-state index contributed by atoms with van der Waals surface area (Å²) in [5, 5.41) is 0.490. The van der Waals surface area contributed by atoms with Gasteiger partial charge < -0.3 is 5.73 Å². The van der Waals surface area contributed by atoms with E-state index >= 15 is 0 Å². The van der Waals surface area contributed by atoms with Crippen LogP contribution in [0.5, 0.6) is 0 Å². The number of benzene rings is 1. The minimum Gasteiger partial charge on any atom is -0.397 e. The molecule has 2 N–H and O–H groups in total.